The summed E-state index contributed by atoms with van der Waals surface area (Å²) in [6.07, 6.45) is 2.81. The van der Waals surface area contributed by atoms with Gasteiger partial charge in [-0.3, -0.25) is 4.79 Å². The Balaban J connectivity index is 2.10. The van der Waals surface area contributed by atoms with Crippen LogP contribution in [-0.2, 0) is 6.42 Å². The van der Waals surface area contributed by atoms with Crippen LogP contribution < -0.4 is 11.1 Å². The van der Waals surface area contributed by atoms with Gasteiger partial charge in [0.2, 0.25) is 0 Å². The summed E-state index contributed by atoms with van der Waals surface area (Å²) in [6, 6.07) is 5.10. The number of nitrogens with two attached hydrogens (primary N) is 1. The van der Waals surface area contributed by atoms with Gasteiger partial charge < -0.3 is 11.1 Å². The lowest BCUT2D eigenvalue weighted by atomic mass is 10.1. The van der Waals surface area contributed by atoms with Gasteiger partial charge in [0.25, 0.3) is 5.91 Å². The highest BCUT2D eigenvalue weighted by Gasteiger charge is 2.16. The molecular formula is C14H16BrN3OS. The third-order valence-corrected chi connectivity index (χ3v) is 4.71. The average molecular weight is 354 g/mol. The second-order valence-electron chi connectivity index (χ2n) is 4.45. The number of amides is 1. The Kier molecular flexibility index (Phi) is 4.77. The van der Waals surface area contributed by atoms with Gasteiger partial charge in [-0.2, -0.15) is 0 Å². The van der Waals surface area contributed by atoms with Gasteiger partial charge >= 0.3 is 0 Å². The first-order valence-electron chi connectivity index (χ1n) is 6.31. The van der Waals surface area contributed by atoms with E-state index in [-0.39, 0.29) is 11.9 Å². The van der Waals surface area contributed by atoms with Crippen LogP contribution in [0, 0.1) is 0 Å². The smallest absolute Gasteiger partial charge is 0.253 e. The van der Waals surface area contributed by atoms with Crippen LogP contribution in [0.1, 0.15) is 40.1 Å². The molecule has 1 unspecified atom stereocenters. The largest absolute Gasteiger partial charge is 0.398 e. The molecule has 1 aromatic carbocycles. The number of carbonyl (C=O) groups excluding carboxylic acids is 1. The maximum absolute atomic E-state index is 12.2. The normalized spacial score (nSPS) is 12.2. The highest BCUT2D eigenvalue weighted by molar-refractivity contribution is 9.10. The lowest BCUT2D eigenvalue weighted by molar-refractivity contribution is 0.0940. The molecule has 1 atom stereocenters. The molecule has 6 heteroatoms. The van der Waals surface area contributed by atoms with Crippen LogP contribution in [0.15, 0.2) is 28.9 Å². The van der Waals surface area contributed by atoms with E-state index in [1.54, 1.807) is 29.5 Å². The van der Waals surface area contributed by atoms with Gasteiger partial charge in [0.1, 0.15) is 5.01 Å². The van der Waals surface area contributed by atoms with E-state index in [4.69, 9.17) is 5.73 Å². The van der Waals surface area contributed by atoms with Crippen molar-refractivity contribution in [2.24, 2.45) is 0 Å². The molecule has 1 aromatic heterocycles. The van der Waals surface area contributed by atoms with Gasteiger partial charge in [0.05, 0.1) is 11.6 Å². The number of nitrogens with zero attached hydrogens (tertiary/aromatic N) is 1. The molecule has 106 valence electrons. The molecule has 0 aliphatic heterocycles. The molecule has 1 amide bonds. The summed E-state index contributed by atoms with van der Waals surface area (Å²) in [6.45, 7) is 4.01. The SMILES string of the molecule is CCc1cnc(C(C)NC(=O)c2ccc(Br)cc2N)s1. The summed E-state index contributed by atoms with van der Waals surface area (Å²) >= 11 is 4.94. The number of benzene rings is 1. The molecule has 1 heterocycles. The van der Waals surface area contributed by atoms with Crippen molar-refractivity contribution >= 4 is 38.9 Å². The average Bonchev–Trinajstić information content (AvgIpc) is 2.87. The van der Waals surface area contributed by atoms with Crippen LogP contribution in [0.2, 0.25) is 0 Å². The molecule has 0 aliphatic carbocycles. The van der Waals surface area contributed by atoms with E-state index in [1.165, 1.54) is 4.88 Å². The van der Waals surface area contributed by atoms with Crippen LogP contribution >= 0.6 is 27.3 Å². The van der Waals surface area contributed by atoms with Gasteiger partial charge in [0, 0.05) is 21.2 Å². The number of halogens is 1. The van der Waals surface area contributed by atoms with Crippen molar-refractivity contribution in [1.29, 1.82) is 0 Å². The number of thiazole rings is 1. The highest BCUT2D eigenvalue weighted by atomic mass is 79.9. The minimum absolute atomic E-state index is 0.129. The Morgan fingerprint density at radius 2 is 2.30 bits per heavy atom. The summed E-state index contributed by atoms with van der Waals surface area (Å²) in [5.74, 6) is -0.184. The van der Waals surface area contributed by atoms with Gasteiger partial charge in [0.15, 0.2) is 0 Å². The minimum Gasteiger partial charge on any atom is -0.398 e. The van der Waals surface area contributed by atoms with Crippen LogP contribution in [0.25, 0.3) is 0 Å². The Hall–Kier alpha value is -1.40. The maximum Gasteiger partial charge on any atom is 0.253 e. The number of hydrogen-bond donors (Lipinski definition) is 2. The fourth-order valence-electron chi connectivity index (χ4n) is 1.76. The fraction of sp³-hybridized carbons (Fsp3) is 0.286. The molecule has 0 radical (unpaired) electrons. The Morgan fingerprint density at radius 1 is 1.55 bits per heavy atom. The number of rotatable bonds is 4. The third-order valence-electron chi connectivity index (χ3n) is 2.90. The van der Waals surface area contributed by atoms with Crippen molar-refractivity contribution in [3.63, 3.8) is 0 Å². The van der Waals surface area contributed by atoms with E-state index in [9.17, 15) is 4.79 Å². The zero-order chi connectivity index (χ0) is 14.7. The van der Waals surface area contributed by atoms with Crippen LogP contribution in [0.5, 0.6) is 0 Å². The molecule has 2 rings (SSSR count). The first-order valence-corrected chi connectivity index (χ1v) is 7.92. The van der Waals surface area contributed by atoms with E-state index in [0.717, 1.165) is 15.9 Å². The molecule has 0 spiro atoms. The van der Waals surface area contributed by atoms with Crippen molar-refractivity contribution in [2.45, 2.75) is 26.3 Å². The predicted molar refractivity (Wildman–Crippen MR) is 85.9 cm³/mol. The van der Waals surface area contributed by atoms with Crippen molar-refractivity contribution in [3.05, 3.63) is 44.3 Å². The monoisotopic (exact) mass is 353 g/mol. The maximum atomic E-state index is 12.2. The number of aromatic nitrogens is 1. The minimum atomic E-state index is -0.184. The number of aryl methyl sites for hydroxylation is 1. The molecule has 0 fully saturated rings. The number of nitrogen functional groups attached to an aromatic ring is 1. The van der Waals surface area contributed by atoms with Gasteiger partial charge in [-0.05, 0) is 31.5 Å². The molecule has 0 saturated carbocycles. The van der Waals surface area contributed by atoms with E-state index in [0.29, 0.717) is 11.3 Å². The zero-order valence-electron chi connectivity index (χ0n) is 11.3. The second kappa shape index (κ2) is 6.37. The van der Waals surface area contributed by atoms with E-state index >= 15 is 0 Å². The molecule has 0 saturated heterocycles. The summed E-state index contributed by atoms with van der Waals surface area (Å²) in [7, 11) is 0. The topological polar surface area (TPSA) is 68.0 Å². The predicted octanol–water partition coefficient (Wildman–Crippen LogP) is 3.54. The first kappa shape index (κ1) is 15.0. The quantitative estimate of drug-likeness (QED) is 0.826. The fourth-order valence-corrected chi connectivity index (χ4v) is 3.00. The lowest BCUT2D eigenvalue weighted by Crippen LogP contribution is -2.27. The van der Waals surface area contributed by atoms with Gasteiger partial charge in [-0.25, -0.2) is 4.98 Å². The van der Waals surface area contributed by atoms with Gasteiger partial charge in [-0.15, -0.1) is 11.3 Å². The third kappa shape index (κ3) is 3.37. The van der Waals surface area contributed by atoms with Crippen molar-refractivity contribution < 1.29 is 4.79 Å². The van der Waals surface area contributed by atoms with Crippen LogP contribution in [-0.4, -0.2) is 10.9 Å². The first-order chi connectivity index (χ1) is 9.51. The Labute approximate surface area is 130 Å². The van der Waals surface area contributed by atoms with Crippen molar-refractivity contribution in [3.8, 4) is 0 Å². The molecule has 4 nitrogen and oxygen atoms in total. The molecule has 0 aliphatic rings. The number of hydrogen-bond acceptors (Lipinski definition) is 4. The lowest BCUT2D eigenvalue weighted by Gasteiger charge is -2.12. The summed E-state index contributed by atoms with van der Waals surface area (Å²) in [4.78, 5) is 17.8. The van der Waals surface area contributed by atoms with E-state index in [1.807, 2.05) is 13.1 Å². The van der Waals surface area contributed by atoms with E-state index < -0.39 is 0 Å². The van der Waals surface area contributed by atoms with Crippen LogP contribution in [0.4, 0.5) is 5.69 Å². The van der Waals surface area contributed by atoms with Crippen molar-refractivity contribution in [2.75, 3.05) is 5.73 Å². The number of nitrogens with one attached hydrogen (secondary N) is 1. The summed E-state index contributed by atoms with van der Waals surface area (Å²) < 4.78 is 0.854. The number of carbonyl (C=O) groups is 1. The van der Waals surface area contributed by atoms with E-state index in [2.05, 4.69) is 33.2 Å². The second-order valence-corrected chi connectivity index (χ2v) is 6.51. The zero-order valence-corrected chi connectivity index (χ0v) is 13.7. The molecular weight excluding hydrogens is 338 g/mol. The van der Waals surface area contributed by atoms with Crippen LogP contribution in [0.3, 0.4) is 0 Å². The highest BCUT2D eigenvalue weighted by Crippen LogP contribution is 2.22. The number of anilines is 1. The Bertz CT molecular complexity index is 627. The van der Waals surface area contributed by atoms with Gasteiger partial charge in [-0.1, -0.05) is 22.9 Å². The molecule has 3 N–H and O–H groups in total. The summed E-state index contributed by atoms with van der Waals surface area (Å²) in [5, 5.41) is 3.83. The summed E-state index contributed by atoms with van der Waals surface area (Å²) in [5.41, 5.74) is 6.79. The Morgan fingerprint density at radius 3 is 2.90 bits per heavy atom. The molecule has 0 bridgehead atoms. The molecule has 20 heavy (non-hydrogen) atoms. The molecule has 2 aromatic rings. The standard InChI is InChI=1S/C14H16BrN3OS/c1-3-10-7-17-14(20-10)8(2)18-13(19)11-5-4-9(15)6-12(11)16/h4-8H,3,16H2,1-2H3,(H,18,19). The van der Waals surface area contributed by atoms with Crippen molar-refractivity contribution in [1.82, 2.24) is 10.3 Å².